The van der Waals surface area contributed by atoms with Gasteiger partial charge >= 0.3 is 6.18 Å². The molecule has 0 spiro atoms. The van der Waals surface area contributed by atoms with Crippen molar-refractivity contribution in [3.05, 3.63) is 70.9 Å². The topological polar surface area (TPSA) is 90.1 Å². The van der Waals surface area contributed by atoms with Gasteiger partial charge in [0.2, 0.25) is 17.7 Å². The van der Waals surface area contributed by atoms with E-state index in [0.29, 0.717) is 12.2 Å². The molecule has 0 bridgehead atoms. The highest BCUT2D eigenvalue weighted by atomic mass is 35.5. The fourth-order valence-corrected chi connectivity index (χ4v) is 2.82. The van der Waals surface area contributed by atoms with Gasteiger partial charge in [0.05, 0.1) is 10.6 Å². The van der Waals surface area contributed by atoms with Crippen molar-refractivity contribution in [2.45, 2.75) is 19.0 Å². The molecule has 6 nitrogen and oxygen atoms in total. The summed E-state index contributed by atoms with van der Waals surface area (Å²) in [7, 11) is 0. The van der Waals surface area contributed by atoms with E-state index in [4.69, 9.17) is 22.1 Å². The maximum absolute atomic E-state index is 12.9. The van der Waals surface area contributed by atoms with Gasteiger partial charge in [0.1, 0.15) is 5.75 Å². The second-order valence-electron chi connectivity index (χ2n) is 6.24. The summed E-state index contributed by atoms with van der Waals surface area (Å²) in [6.07, 6.45) is -2.72. The minimum atomic E-state index is -4.60. The lowest BCUT2D eigenvalue weighted by Gasteiger charge is -2.12. The highest BCUT2D eigenvalue weighted by Gasteiger charge is 2.33. The third-order valence-corrected chi connectivity index (χ3v) is 4.30. The lowest BCUT2D eigenvalue weighted by atomic mass is 10.1. The first-order chi connectivity index (χ1) is 14.2. The molecule has 3 rings (SSSR count). The van der Waals surface area contributed by atoms with Crippen LogP contribution in [0.3, 0.4) is 0 Å². The maximum atomic E-state index is 12.9. The summed E-state index contributed by atoms with van der Waals surface area (Å²) >= 11 is 5.58. The number of nitrogen functional groups attached to an aromatic ring is 1. The number of carbonyl (C=O) groups excluding carboxylic acids is 1. The SMILES string of the molecule is Nc1nccc(Oc2cccc(CCC(=O)Nc3ccc(Cl)c(C(F)(F)F)c3)c2)n1. The van der Waals surface area contributed by atoms with Crippen LogP contribution in [0.1, 0.15) is 17.5 Å². The van der Waals surface area contributed by atoms with E-state index in [1.54, 1.807) is 30.3 Å². The molecule has 156 valence electrons. The molecular weight excluding hydrogens is 421 g/mol. The first-order valence-electron chi connectivity index (χ1n) is 8.72. The van der Waals surface area contributed by atoms with E-state index < -0.39 is 22.7 Å². The van der Waals surface area contributed by atoms with Gasteiger partial charge in [0.25, 0.3) is 0 Å². The Labute approximate surface area is 174 Å². The van der Waals surface area contributed by atoms with Gasteiger partial charge in [-0.2, -0.15) is 18.2 Å². The van der Waals surface area contributed by atoms with E-state index in [1.165, 1.54) is 12.3 Å². The standard InChI is InChI=1S/C20H16ClF3N4O2/c21-16-6-5-13(11-15(16)20(22,23)24)27-17(29)7-4-12-2-1-3-14(10-12)30-18-8-9-26-19(25)28-18/h1-3,5-6,8-11H,4,7H2,(H,27,29)(H2,25,26,28). The van der Waals surface area contributed by atoms with E-state index in [-0.39, 0.29) is 23.9 Å². The maximum Gasteiger partial charge on any atom is 0.417 e. The van der Waals surface area contributed by atoms with Gasteiger partial charge in [-0.15, -0.1) is 0 Å². The number of halogens is 4. The van der Waals surface area contributed by atoms with Crippen LogP contribution in [0, 0.1) is 0 Å². The van der Waals surface area contributed by atoms with Crippen molar-refractivity contribution in [1.29, 1.82) is 0 Å². The smallest absolute Gasteiger partial charge is 0.417 e. The molecule has 0 aliphatic heterocycles. The molecule has 3 aromatic rings. The molecule has 1 aromatic heterocycles. The van der Waals surface area contributed by atoms with Crippen LogP contribution in [0.5, 0.6) is 11.6 Å². The Morgan fingerprint density at radius 1 is 1.17 bits per heavy atom. The summed E-state index contributed by atoms with van der Waals surface area (Å²) in [5.74, 6) is 0.427. The largest absolute Gasteiger partial charge is 0.439 e. The molecule has 0 atom stereocenters. The number of nitrogens with two attached hydrogens (primary N) is 1. The Hall–Kier alpha value is -3.33. The molecule has 1 amide bonds. The van der Waals surface area contributed by atoms with E-state index in [2.05, 4.69) is 15.3 Å². The van der Waals surface area contributed by atoms with Crippen molar-refractivity contribution in [1.82, 2.24) is 9.97 Å². The molecule has 0 aliphatic rings. The lowest BCUT2D eigenvalue weighted by molar-refractivity contribution is -0.137. The average Bonchev–Trinajstić information content (AvgIpc) is 2.67. The number of benzene rings is 2. The average molecular weight is 437 g/mol. The molecule has 2 aromatic carbocycles. The Balaban J connectivity index is 1.60. The number of anilines is 2. The van der Waals surface area contributed by atoms with Crippen molar-refractivity contribution in [3.8, 4) is 11.6 Å². The van der Waals surface area contributed by atoms with Crippen LogP contribution in [-0.2, 0) is 17.4 Å². The van der Waals surface area contributed by atoms with Gasteiger partial charge in [-0.1, -0.05) is 23.7 Å². The number of aryl methyl sites for hydroxylation is 1. The number of amides is 1. The first-order valence-corrected chi connectivity index (χ1v) is 9.10. The van der Waals surface area contributed by atoms with Crippen molar-refractivity contribution >= 4 is 29.1 Å². The fraction of sp³-hybridized carbons (Fsp3) is 0.150. The molecule has 0 aliphatic carbocycles. The van der Waals surface area contributed by atoms with Gasteiger partial charge in [-0.05, 0) is 42.3 Å². The molecule has 30 heavy (non-hydrogen) atoms. The van der Waals surface area contributed by atoms with Crippen LogP contribution in [0.2, 0.25) is 5.02 Å². The predicted octanol–water partition coefficient (Wildman–Crippen LogP) is 5.09. The number of hydrogen-bond acceptors (Lipinski definition) is 5. The third kappa shape index (κ3) is 5.84. The quantitative estimate of drug-likeness (QED) is 0.561. The zero-order chi connectivity index (χ0) is 21.7. The second-order valence-corrected chi connectivity index (χ2v) is 6.65. The summed E-state index contributed by atoms with van der Waals surface area (Å²) in [5, 5.41) is 2.02. The highest BCUT2D eigenvalue weighted by Crippen LogP contribution is 2.36. The van der Waals surface area contributed by atoms with Crippen LogP contribution in [-0.4, -0.2) is 15.9 Å². The Morgan fingerprint density at radius 3 is 2.70 bits per heavy atom. The highest BCUT2D eigenvalue weighted by molar-refractivity contribution is 6.31. The zero-order valence-corrected chi connectivity index (χ0v) is 16.2. The Bertz CT molecular complexity index is 1060. The van der Waals surface area contributed by atoms with Crippen LogP contribution < -0.4 is 15.8 Å². The summed E-state index contributed by atoms with van der Waals surface area (Å²) < 4.78 is 44.4. The van der Waals surface area contributed by atoms with E-state index >= 15 is 0 Å². The van der Waals surface area contributed by atoms with Crippen molar-refractivity contribution in [2.75, 3.05) is 11.1 Å². The number of ether oxygens (including phenoxy) is 1. The molecule has 0 radical (unpaired) electrons. The number of rotatable bonds is 6. The second kappa shape index (κ2) is 9.00. The van der Waals surface area contributed by atoms with Crippen LogP contribution in [0.4, 0.5) is 24.8 Å². The molecule has 0 unspecified atom stereocenters. The van der Waals surface area contributed by atoms with Crippen molar-refractivity contribution in [3.63, 3.8) is 0 Å². The number of nitrogens with one attached hydrogen (secondary N) is 1. The molecular formula is C20H16ClF3N4O2. The zero-order valence-electron chi connectivity index (χ0n) is 15.4. The predicted molar refractivity (Wildman–Crippen MR) is 106 cm³/mol. The van der Waals surface area contributed by atoms with Crippen molar-refractivity contribution in [2.24, 2.45) is 0 Å². The number of hydrogen-bond donors (Lipinski definition) is 2. The number of carbonyl (C=O) groups is 1. The molecule has 0 saturated carbocycles. The van der Waals surface area contributed by atoms with Gasteiger partial charge in [-0.3, -0.25) is 4.79 Å². The van der Waals surface area contributed by atoms with Crippen LogP contribution >= 0.6 is 11.6 Å². The fourth-order valence-electron chi connectivity index (χ4n) is 2.60. The Kier molecular flexibility index (Phi) is 6.41. The summed E-state index contributed by atoms with van der Waals surface area (Å²) in [6.45, 7) is 0. The minimum absolute atomic E-state index is 0.0233. The summed E-state index contributed by atoms with van der Waals surface area (Å²) in [5.41, 5.74) is 5.33. The molecule has 0 saturated heterocycles. The van der Waals surface area contributed by atoms with E-state index in [9.17, 15) is 18.0 Å². The van der Waals surface area contributed by atoms with Gasteiger partial charge < -0.3 is 15.8 Å². The number of alkyl halides is 3. The van der Waals surface area contributed by atoms with E-state index in [1.807, 2.05) is 0 Å². The molecule has 3 N–H and O–H groups in total. The lowest BCUT2D eigenvalue weighted by Crippen LogP contribution is -2.14. The molecule has 10 heteroatoms. The Morgan fingerprint density at radius 2 is 1.97 bits per heavy atom. The monoisotopic (exact) mass is 436 g/mol. The van der Waals surface area contributed by atoms with Gasteiger partial charge in [0.15, 0.2) is 0 Å². The normalized spacial score (nSPS) is 11.2. The minimum Gasteiger partial charge on any atom is -0.439 e. The number of nitrogens with zero attached hydrogens (tertiary/aromatic N) is 2. The summed E-state index contributed by atoms with van der Waals surface area (Å²) in [6, 6.07) is 11.8. The molecule has 0 fully saturated rings. The van der Waals surface area contributed by atoms with Crippen molar-refractivity contribution < 1.29 is 22.7 Å². The van der Waals surface area contributed by atoms with Crippen LogP contribution in [0.25, 0.3) is 0 Å². The van der Waals surface area contributed by atoms with Gasteiger partial charge in [-0.25, -0.2) is 4.98 Å². The van der Waals surface area contributed by atoms with Gasteiger partial charge in [0, 0.05) is 24.4 Å². The third-order valence-electron chi connectivity index (χ3n) is 3.97. The first kappa shape index (κ1) is 21.4. The van der Waals surface area contributed by atoms with Crippen LogP contribution in [0.15, 0.2) is 54.7 Å². The summed E-state index contributed by atoms with van der Waals surface area (Å²) in [4.78, 5) is 19.9. The number of aromatic nitrogens is 2. The van der Waals surface area contributed by atoms with E-state index in [0.717, 1.165) is 17.7 Å². The molecule has 1 heterocycles.